The lowest BCUT2D eigenvalue weighted by Crippen LogP contribution is -2.26. The SMILES string of the molecule is COCc1nc(Cl)cc(NC2CCCSC2)n1. The summed E-state index contributed by atoms with van der Waals surface area (Å²) in [6.07, 6.45) is 2.44. The van der Waals surface area contributed by atoms with E-state index >= 15 is 0 Å². The highest BCUT2D eigenvalue weighted by molar-refractivity contribution is 7.99. The van der Waals surface area contributed by atoms with Gasteiger partial charge >= 0.3 is 0 Å². The molecular formula is C11H16ClN3OS. The van der Waals surface area contributed by atoms with Crippen molar-refractivity contribution in [2.45, 2.75) is 25.5 Å². The first kappa shape index (κ1) is 12.9. The Morgan fingerprint density at radius 2 is 2.47 bits per heavy atom. The molecule has 0 radical (unpaired) electrons. The van der Waals surface area contributed by atoms with Gasteiger partial charge in [-0.1, -0.05) is 11.6 Å². The fraction of sp³-hybridized carbons (Fsp3) is 0.636. The van der Waals surface area contributed by atoms with Crippen molar-refractivity contribution in [3.63, 3.8) is 0 Å². The van der Waals surface area contributed by atoms with Gasteiger partial charge in [0.15, 0.2) is 5.82 Å². The van der Waals surface area contributed by atoms with E-state index in [1.807, 2.05) is 11.8 Å². The van der Waals surface area contributed by atoms with Crippen LogP contribution in [-0.2, 0) is 11.3 Å². The van der Waals surface area contributed by atoms with E-state index in [4.69, 9.17) is 16.3 Å². The molecule has 2 rings (SSSR count). The highest BCUT2D eigenvalue weighted by atomic mass is 35.5. The number of halogens is 1. The zero-order chi connectivity index (χ0) is 12.1. The molecule has 0 amide bonds. The van der Waals surface area contributed by atoms with Gasteiger partial charge in [-0.25, -0.2) is 9.97 Å². The standard InChI is InChI=1S/C11H16ClN3OS/c1-16-6-11-14-9(12)5-10(15-11)13-8-3-2-4-17-7-8/h5,8H,2-4,6-7H2,1H3,(H,13,14,15). The lowest BCUT2D eigenvalue weighted by atomic mass is 10.2. The molecule has 1 fully saturated rings. The predicted molar refractivity (Wildman–Crippen MR) is 71.7 cm³/mol. The fourth-order valence-corrected chi connectivity index (χ4v) is 3.07. The van der Waals surface area contributed by atoms with Crippen LogP contribution in [0.4, 0.5) is 5.82 Å². The summed E-state index contributed by atoms with van der Waals surface area (Å²) >= 11 is 7.93. The number of aromatic nitrogens is 2. The van der Waals surface area contributed by atoms with E-state index in [9.17, 15) is 0 Å². The number of hydrogen-bond donors (Lipinski definition) is 1. The molecule has 1 aliphatic heterocycles. The Balaban J connectivity index is 2.03. The number of nitrogens with zero attached hydrogens (tertiary/aromatic N) is 2. The van der Waals surface area contributed by atoms with Crippen LogP contribution in [0.3, 0.4) is 0 Å². The Hall–Kier alpha value is -0.520. The van der Waals surface area contributed by atoms with Crippen LogP contribution >= 0.6 is 23.4 Å². The summed E-state index contributed by atoms with van der Waals surface area (Å²) in [5.74, 6) is 3.80. The van der Waals surface area contributed by atoms with Crippen LogP contribution in [0.25, 0.3) is 0 Å². The van der Waals surface area contributed by atoms with E-state index in [0.717, 1.165) is 11.6 Å². The van der Waals surface area contributed by atoms with Gasteiger partial charge in [-0.2, -0.15) is 11.8 Å². The second-order valence-electron chi connectivity index (χ2n) is 3.98. The number of ether oxygens (including phenoxy) is 1. The Bertz CT molecular complexity index is 372. The summed E-state index contributed by atoms with van der Waals surface area (Å²) < 4.78 is 5.01. The minimum absolute atomic E-state index is 0.384. The van der Waals surface area contributed by atoms with Crippen molar-refractivity contribution >= 4 is 29.2 Å². The summed E-state index contributed by atoms with van der Waals surface area (Å²) in [5.41, 5.74) is 0. The maximum absolute atomic E-state index is 5.95. The van der Waals surface area contributed by atoms with Crippen LogP contribution in [0.15, 0.2) is 6.07 Å². The van der Waals surface area contributed by atoms with E-state index in [1.165, 1.54) is 18.6 Å². The maximum Gasteiger partial charge on any atom is 0.158 e. The summed E-state index contributed by atoms with van der Waals surface area (Å²) in [4.78, 5) is 8.48. The zero-order valence-electron chi connectivity index (χ0n) is 9.78. The molecule has 4 nitrogen and oxygen atoms in total. The van der Waals surface area contributed by atoms with Gasteiger partial charge in [0, 0.05) is 25.0 Å². The lowest BCUT2D eigenvalue weighted by molar-refractivity contribution is 0.178. The van der Waals surface area contributed by atoms with Crippen molar-refractivity contribution in [3.05, 3.63) is 17.0 Å². The monoisotopic (exact) mass is 273 g/mol. The number of rotatable bonds is 4. The number of thioether (sulfide) groups is 1. The molecule has 1 aromatic heterocycles. The molecule has 1 unspecified atom stereocenters. The molecular weight excluding hydrogens is 258 g/mol. The molecule has 0 bridgehead atoms. The van der Waals surface area contributed by atoms with Crippen LogP contribution in [-0.4, -0.2) is 34.6 Å². The number of methoxy groups -OCH3 is 1. The molecule has 1 N–H and O–H groups in total. The van der Waals surface area contributed by atoms with E-state index in [1.54, 1.807) is 13.2 Å². The van der Waals surface area contributed by atoms with Crippen molar-refractivity contribution in [1.29, 1.82) is 0 Å². The Labute approximate surface area is 111 Å². The minimum atomic E-state index is 0.384. The average molecular weight is 274 g/mol. The third-order valence-corrected chi connectivity index (χ3v) is 3.94. The first-order chi connectivity index (χ1) is 8.28. The van der Waals surface area contributed by atoms with Gasteiger partial charge < -0.3 is 10.1 Å². The second-order valence-corrected chi connectivity index (χ2v) is 5.52. The summed E-state index contributed by atoms with van der Waals surface area (Å²) in [6.45, 7) is 0.384. The van der Waals surface area contributed by atoms with E-state index in [2.05, 4.69) is 15.3 Å². The molecule has 1 aromatic rings. The van der Waals surface area contributed by atoms with Crippen LogP contribution in [0.1, 0.15) is 18.7 Å². The van der Waals surface area contributed by atoms with Gasteiger partial charge in [0.2, 0.25) is 0 Å². The number of nitrogens with one attached hydrogen (secondary N) is 1. The predicted octanol–water partition coefficient (Wildman–Crippen LogP) is 2.58. The normalized spacial score (nSPS) is 20.2. The molecule has 17 heavy (non-hydrogen) atoms. The van der Waals surface area contributed by atoms with Crippen LogP contribution in [0.2, 0.25) is 5.15 Å². The fourth-order valence-electron chi connectivity index (χ4n) is 1.80. The van der Waals surface area contributed by atoms with Crippen molar-refractivity contribution < 1.29 is 4.74 Å². The average Bonchev–Trinajstić information content (AvgIpc) is 2.30. The van der Waals surface area contributed by atoms with Crippen molar-refractivity contribution in [1.82, 2.24) is 9.97 Å². The molecule has 1 atom stereocenters. The van der Waals surface area contributed by atoms with Crippen LogP contribution < -0.4 is 5.32 Å². The van der Waals surface area contributed by atoms with Gasteiger partial charge in [-0.05, 0) is 18.6 Å². The Morgan fingerprint density at radius 1 is 1.59 bits per heavy atom. The summed E-state index contributed by atoms with van der Waals surface area (Å²) in [5, 5.41) is 3.87. The minimum Gasteiger partial charge on any atom is -0.377 e. The van der Waals surface area contributed by atoms with Crippen LogP contribution in [0.5, 0.6) is 0 Å². The van der Waals surface area contributed by atoms with E-state index in [0.29, 0.717) is 23.6 Å². The van der Waals surface area contributed by atoms with Crippen molar-refractivity contribution in [2.75, 3.05) is 23.9 Å². The highest BCUT2D eigenvalue weighted by Gasteiger charge is 2.14. The molecule has 0 spiro atoms. The Morgan fingerprint density at radius 3 is 3.18 bits per heavy atom. The number of anilines is 1. The molecule has 2 heterocycles. The zero-order valence-corrected chi connectivity index (χ0v) is 11.4. The molecule has 1 saturated heterocycles. The third-order valence-electron chi connectivity index (χ3n) is 2.53. The van der Waals surface area contributed by atoms with Gasteiger partial charge in [0.25, 0.3) is 0 Å². The molecule has 1 aliphatic rings. The van der Waals surface area contributed by atoms with Crippen molar-refractivity contribution in [3.8, 4) is 0 Å². The van der Waals surface area contributed by atoms with Gasteiger partial charge in [0.05, 0.1) is 0 Å². The first-order valence-electron chi connectivity index (χ1n) is 5.64. The summed E-state index contributed by atoms with van der Waals surface area (Å²) in [6, 6.07) is 2.25. The van der Waals surface area contributed by atoms with Gasteiger partial charge in [-0.3, -0.25) is 0 Å². The molecule has 0 aromatic carbocycles. The maximum atomic E-state index is 5.95. The second kappa shape index (κ2) is 6.42. The largest absolute Gasteiger partial charge is 0.377 e. The molecule has 94 valence electrons. The molecule has 0 saturated carbocycles. The topological polar surface area (TPSA) is 47.0 Å². The third kappa shape index (κ3) is 4.01. The first-order valence-corrected chi connectivity index (χ1v) is 7.18. The smallest absolute Gasteiger partial charge is 0.158 e. The highest BCUT2D eigenvalue weighted by Crippen LogP contribution is 2.21. The number of hydrogen-bond acceptors (Lipinski definition) is 5. The van der Waals surface area contributed by atoms with E-state index < -0.39 is 0 Å². The Kier molecular flexibility index (Phi) is 4.88. The van der Waals surface area contributed by atoms with Crippen LogP contribution in [0, 0.1) is 0 Å². The quantitative estimate of drug-likeness (QED) is 0.855. The van der Waals surface area contributed by atoms with Gasteiger partial charge in [-0.15, -0.1) is 0 Å². The molecule has 6 heteroatoms. The molecule has 0 aliphatic carbocycles. The van der Waals surface area contributed by atoms with E-state index in [-0.39, 0.29) is 0 Å². The lowest BCUT2D eigenvalue weighted by Gasteiger charge is -2.23. The van der Waals surface area contributed by atoms with Gasteiger partial charge in [0.1, 0.15) is 17.6 Å². The van der Waals surface area contributed by atoms with Crippen molar-refractivity contribution in [2.24, 2.45) is 0 Å². The summed E-state index contributed by atoms with van der Waals surface area (Å²) in [7, 11) is 1.62.